The molecule has 1 aromatic heterocycles. The molecule has 0 radical (unpaired) electrons. The number of thioether (sulfide) groups is 1. The zero-order chi connectivity index (χ0) is 12.4. The third kappa shape index (κ3) is 2.73. The van der Waals surface area contributed by atoms with Crippen LogP contribution in [0.25, 0.3) is 11.3 Å². The lowest BCUT2D eigenvalue weighted by Crippen LogP contribution is -2.32. The van der Waals surface area contributed by atoms with Gasteiger partial charge in [0.1, 0.15) is 0 Å². The average molecular weight is 341 g/mol. The van der Waals surface area contributed by atoms with Gasteiger partial charge < -0.3 is 4.90 Å². The Bertz CT molecular complexity index is 535. The van der Waals surface area contributed by atoms with Crippen LogP contribution in [0.1, 0.15) is 0 Å². The Hall–Kier alpha value is -0.520. The fourth-order valence-electron chi connectivity index (χ4n) is 1.94. The molecule has 1 aliphatic rings. The summed E-state index contributed by atoms with van der Waals surface area (Å²) in [5, 5.41) is 3.31. The van der Waals surface area contributed by atoms with Crippen LogP contribution in [0.3, 0.4) is 0 Å². The van der Waals surface area contributed by atoms with Gasteiger partial charge in [-0.15, -0.1) is 11.3 Å². The van der Waals surface area contributed by atoms with Gasteiger partial charge in [0, 0.05) is 40.0 Å². The highest BCUT2D eigenvalue weighted by atomic mass is 79.9. The van der Waals surface area contributed by atoms with Gasteiger partial charge in [0.25, 0.3) is 0 Å². The Morgan fingerprint density at radius 3 is 2.83 bits per heavy atom. The molecule has 5 heteroatoms. The van der Waals surface area contributed by atoms with Gasteiger partial charge in [0.2, 0.25) is 0 Å². The summed E-state index contributed by atoms with van der Waals surface area (Å²) in [4.78, 5) is 7.15. The maximum atomic E-state index is 4.76. The van der Waals surface area contributed by atoms with E-state index in [1.165, 1.54) is 17.1 Å². The number of thiazole rings is 1. The number of benzene rings is 1. The largest absolute Gasteiger partial charge is 0.346 e. The minimum atomic E-state index is 1.08. The van der Waals surface area contributed by atoms with Crippen molar-refractivity contribution in [2.45, 2.75) is 0 Å². The molecule has 0 saturated carbocycles. The number of nitrogens with zero attached hydrogens (tertiary/aromatic N) is 2. The maximum absolute atomic E-state index is 4.76. The van der Waals surface area contributed by atoms with E-state index in [0.29, 0.717) is 0 Å². The van der Waals surface area contributed by atoms with E-state index >= 15 is 0 Å². The van der Waals surface area contributed by atoms with Crippen molar-refractivity contribution in [2.75, 3.05) is 29.5 Å². The maximum Gasteiger partial charge on any atom is 0.185 e. The van der Waals surface area contributed by atoms with E-state index in [9.17, 15) is 0 Å². The molecule has 1 saturated heterocycles. The highest BCUT2D eigenvalue weighted by molar-refractivity contribution is 9.10. The molecule has 2 aromatic rings. The molecule has 0 amide bonds. The van der Waals surface area contributed by atoms with Crippen molar-refractivity contribution in [1.29, 1.82) is 0 Å². The highest BCUT2D eigenvalue weighted by Gasteiger charge is 2.15. The number of rotatable bonds is 2. The van der Waals surface area contributed by atoms with Crippen molar-refractivity contribution in [3.05, 3.63) is 34.1 Å². The first kappa shape index (κ1) is 12.5. The molecular formula is C13H13BrN2S2. The van der Waals surface area contributed by atoms with Gasteiger partial charge in [-0.1, -0.05) is 28.1 Å². The van der Waals surface area contributed by atoms with Gasteiger partial charge in [0.05, 0.1) is 5.69 Å². The Morgan fingerprint density at radius 1 is 1.22 bits per heavy atom. The molecule has 1 fully saturated rings. The fourth-order valence-corrected chi connectivity index (χ4v) is 4.14. The minimum absolute atomic E-state index is 1.08. The van der Waals surface area contributed by atoms with E-state index in [1.54, 1.807) is 11.3 Å². The lowest BCUT2D eigenvalue weighted by Gasteiger charge is -2.25. The van der Waals surface area contributed by atoms with Gasteiger partial charge in [-0.3, -0.25) is 0 Å². The third-order valence-corrected chi connectivity index (χ3v) is 5.23. The van der Waals surface area contributed by atoms with Crippen molar-refractivity contribution in [3.63, 3.8) is 0 Å². The van der Waals surface area contributed by atoms with E-state index in [0.717, 1.165) is 28.4 Å². The quantitative estimate of drug-likeness (QED) is 0.817. The molecule has 1 aromatic carbocycles. The van der Waals surface area contributed by atoms with Gasteiger partial charge >= 0.3 is 0 Å². The molecule has 94 valence electrons. The zero-order valence-electron chi connectivity index (χ0n) is 9.80. The first-order valence-electron chi connectivity index (χ1n) is 5.87. The summed E-state index contributed by atoms with van der Waals surface area (Å²) in [6.45, 7) is 2.24. The molecule has 0 aliphatic carbocycles. The summed E-state index contributed by atoms with van der Waals surface area (Å²) in [5.41, 5.74) is 2.26. The van der Waals surface area contributed by atoms with Crippen LogP contribution >= 0.6 is 39.0 Å². The molecule has 1 aliphatic heterocycles. The van der Waals surface area contributed by atoms with Gasteiger partial charge in [-0.05, 0) is 12.1 Å². The fraction of sp³-hybridized carbons (Fsp3) is 0.308. The Morgan fingerprint density at radius 2 is 2.06 bits per heavy atom. The second kappa shape index (κ2) is 5.63. The average Bonchev–Trinajstić information content (AvgIpc) is 2.89. The number of halogens is 1. The first-order valence-corrected chi connectivity index (χ1v) is 8.70. The van der Waals surface area contributed by atoms with Gasteiger partial charge in [-0.2, -0.15) is 11.8 Å². The van der Waals surface area contributed by atoms with Crippen LogP contribution in [-0.4, -0.2) is 29.6 Å². The lowest BCUT2D eigenvalue weighted by molar-refractivity contribution is 0.853. The van der Waals surface area contributed by atoms with E-state index < -0.39 is 0 Å². The van der Waals surface area contributed by atoms with Crippen LogP contribution < -0.4 is 4.90 Å². The topological polar surface area (TPSA) is 16.1 Å². The van der Waals surface area contributed by atoms with E-state index in [2.05, 4.69) is 44.4 Å². The molecule has 18 heavy (non-hydrogen) atoms. The third-order valence-electron chi connectivity index (χ3n) is 2.89. The zero-order valence-corrected chi connectivity index (χ0v) is 13.0. The van der Waals surface area contributed by atoms with Crippen molar-refractivity contribution in [2.24, 2.45) is 0 Å². The van der Waals surface area contributed by atoms with Crippen LogP contribution in [0, 0.1) is 0 Å². The normalized spacial score (nSPS) is 15.9. The second-order valence-electron chi connectivity index (χ2n) is 4.13. The van der Waals surface area contributed by atoms with Crippen LogP contribution in [0.5, 0.6) is 0 Å². The van der Waals surface area contributed by atoms with Gasteiger partial charge in [-0.25, -0.2) is 4.98 Å². The van der Waals surface area contributed by atoms with Gasteiger partial charge in [0.15, 0.2) is 5.13 Å². The number of anilines is 1. The Labute approximate surface area is 124 Å². The molecule has 0 bridgehead atoms. The second-order valence-corrected chi connectivity index (χ2v) is 7.10. The number of hydrogen-bond donors (Lipinski definition) is 0. The highest BCUT2D eigenvalue weighted by Crippen LogP contribution is 2.29. The monoisotopic (exact) mass is 340 g/mol. The molecule has 2 nitrogen and oxygen atoms in total. The Kier molecular flexibility index (Phi) is 3.91. The summed E-state index contributed by atoms with van der Waals surface area (Å²) in [6.07, 6.45) is 0. The van der Waals surface area contributed by atoms with Crippen molar-refractivity contribution >= 4 is 44.2 Å². The lowest BCUT2D eigenvalue weighted by atomic mass is 10.2. The van der Waals surface area contributed by atoms with Crippen LogP contribution in [0.15, 0.2) is 34.1 Å². The number of hydrogen-bond acceptors (Lipinski definition) is 4. The smallest absolute Gasteiger partial charge is 0.185 e. The predicted molar refractivity (Wildman–Crippen MR) is 84.8 cm³/mol. The predicted octanol–water partition coefficient (Wildman–Crippen LogP) is 4.13. The molecule has 2 heterocycles. The van der Waals surface area contributed by atoms with Crippen molar-refractivity contribution in [3.8, 4) is 11.3 Å². The first-order chi connectivity index (χ1) is 8.83. The van der Waals surface area contributed by atoms with E-state index in [1.807, 2.05) is 17.8 Å². The molecule has 0 N–H and O–H groups in total. The van der Waals surface area contributed by atoms with Crippen LogP contribution in [-0.2, 0) is 0 Å². The molecule has 3 rings (SSSR count). The summed E-state index contributed by atoms with van der Waals surface area (Å²) in [7, 11) is 0. The summed E-state index contributed by atoms with van der Waals surface area (Å²) in [6, 6.07) is 8.31. The number of aromatic nitrogens is 1. The Balaban J connectivity index is 1.84. The van der Waals surface area contributed by atoms with Crippen molar-refractivity contribution < 1.29 is 0 Å². The standard InChI is InChI=1S/C13H13BrN2S2/c14-11-3-1-2-10(8-11)12-9-18-13(15-12)16-4-6-17-7-5-16/h1-3,8-9H,4-7H2. The summed E-state index contributed by atoms with van der Waals surface area (Å²) >= 11 is 7.28. The minimum Gasteiger partial charge on any atom is -0.346 e. The molecular weight excluding hydrogens is 328 g/mol. The summed E-state index contributed by atoms with van der Waals surface area (Å²) < 4.78 is 1.10. The molecule has 0 atom stereocenters. The van der Waals surface area contributed by atoms with Crippen LogP contribution in [0.4, 0.5) is 5.13 Å². The van der Waals surface area contributed by atoms with Crippen LogP contribution in [0.2, 0.25) is 0 Å². The van der Waals surface area contributed by atoms with E-state index in [-0.39, 0.29) is 0 Å². The molecule has 0 unspecified atom stereocenters. The van der Waals surface area contributed by atoms with E-state index in [4.69, 9.17) is 4.98 Å². The SMILES string of the molecule is Brc1cccc(-c2csc(N3CCSCC3)n2)c1. The van der Waals surface area contributed by atoms with Crippen molar-refractivity contribution in [1.82, 2.24) is 4.98 Å². The summed E-state index contributed by atoms with van der Waals surface area (Å²) in [5.74, 6) is 2.43. The molecule has 0 spiro atoms.